The van der Waals surface area contributed by atoms with Crippen LogP contribution in [0, 0.1) is 0 Å². The lowest BCUT2D eigenvalue weighted by molar-refractivity contribution is 0.133. The molecule has 0 amide bonds. The highest BCUT2D eigenvalue weighted by Gasteiger charge is 2.19. The van der Waals surface area contributed by atoms with Crippen LogP contribution in [-0.2, 0) is 0 Å². The minimum atomic E-state index is 0.249. The Hall–Kier alpha value is -0.930. The summed E-state index contributed by atoms with van der Waals surface area (Å²) in [5, 5.41) is 0. The van der Waals surface area contributed by atoms with E-state index in [9.17, 15) is 0 Å². The number of allylic oxidation sites excluding steroid dienone is 3. The summed E-state index contributed by atoms with van der Waals surface area (Å²) < 4.78 is 0. The fourth-order valence-corrected chi connectivity index (χ4v) is 1.77. The van der Waals surface area contributed by atoms with E-state index >= 15 is 0 Å². The molecule has 0 spiro atoms. The molecule has 0 N–H and O–H groups in total. The van der Waals surface area contributed by atoms with Gasteiger partial charge in [-0.2, -0.15) is 0 Å². The number of hydrogen-bond donors (Lipinski definition) is 0. The van der Waals surface area contributed by atoms with E-state index in [4.69, 9.17) is 0 Å². The van der Waals surface area contributed by atoms with Crippen molar-refractivity contribution in [3.8, 4) is 0 Å². The normalized spacial score (nSPS) is 29.4. The first-order valence-corrected chi connectivity index (χ1v) is 5.15. The Bertz CT molecular complexity index is 244. The molecule has 2 rings (SSSR count). The average Bonchev–Trinajstić information content (AvgIpc) is 2.47. The van der Waals surface area contributed by atoms with E-state index in [0.717, 1.165) is 26.2 Å². The fraction of sp³-hybridized carbons (Fsp3) is 0.545. The second kappa shape index (κ2) is 4.53. The van der Waals surface area contributed by atoms with Crippen molar-refractivity contribution in [2.24, 2.45) is 4.99 Å². The molecule has 1 unspecified atom stereocenters. The number of nitrogens with zero attached hydrogens (tertiary/aromatic N) is 3. The Balaban J connectivity index is 1.95. The second-order valence-electron chi connectivity index (χ2n) is 3.82. The smallest absolute Gasteiger partial charge is 0.121 e. The van der Waals surface area contributed by atoms with Crippen LogP contribution in [0.1, 0.15) is 0 Å². The van der Waals surface area contributed by atoms with E-state index in [1.165, 1.54) is 0 Å². The summed E-state index contributed by atoms with van der Waals surface area (Å²) >= 11 is 0. The molecule has 3 nitrogen and oxygen atoms in total. The lowest BCUT2D eigenvalue weighted by atomic mass is 10.3. The van der Waals surface area contributed by atoms with Crippen molar-refractivity contribution in [2.75, 3.05) is 33.2 Å². The zero-order valence-electron chi connectivity index (χ0n) is 8.63. The monoisotopic (exact) mass is 191 g/mol. The number of piperazine rings is 1. The van der Waals surface area contributed by atoms with Gasteiger partial charge in [-0.3, -0.25) is 9.89 Å². The minimum absolute atomic E-state index is 0.249. The van der Waals surface area contributed by atoms with Gasteiger partial charge in [0.05, 0.1) is 0 Å². The van der Waals surface area contributed by atoms with Gasteiger partial charge in [-0.1, -0.05) is 12.2 Å². The molecule has 0 aliphatic carbocycles. The van der Waals surface area contributed by atoms with Gasteiger partial charge in [-0.25, -0.2) is 0 Å². The predicted molar refractivity (Wildman–Crippen MR) is 59.6 cm³/mol. The van der Waals surface area contributed by atoms with Crippen molar-refractivity contribution in [3.63, 3.8) is 0 Å². The van der Waals surface area contributed by atoms with Crippen molar-refractivity contribution in [3.05, 3.63) is 24.3 Å². The maximum absolute atomic E-state index is 4.48. The molecule has 1 saturated heterocycles. The number of hydrogen-bond acceptors (Lipinski definition) is 3. The molecule has 0 saturated carbocycles. The second-order valence-corrected chi connectivity index (χ2v) is 3.82. The van der Waals surface area contributed by atoms with Gasteiger partial charge < -0.3 is 4.90 Å². The predicted octanol–water partition coefficient (Wildman–Crippen LogP) is 0.757. The topological polar surface area (TPSA) is 18.8 Å². The Morgan fingerprint density at radius 3 is 2.64 bits per heavy atom. The van der Waals surface area contributed by atoms with Crippen LogP contribution < -0.4 is 0 Å². The van der Waals surface area contributed by atoms with Crippen LogP contribution in [0.25, 0.3) is 0 Å². The molecule has 2 heterocycles. The molecule has 0 aromatic carbocycles. The van der Waals surface area contributed by atoms with Crippen LogP contribution in [0.2, 0.25) is 0 Å². The summed E-state index contributed by atoms with van der Waals surface area (Å²) in [6, 6.07) is 0. The van der Waals surface area contributed by atoms with E-state index in [-0.39, 0.29) is 6.17 Å². The van der Waals surface area contributed by atoms with Crippen LogP contribution in [0.3, 0.4) is 0 Å². The molecule has 14 heavy (non-hydrogen) atoms. The van der Waals surface area contributed by atoms with Gasteiger partial charge >= 0.3 is 0 Å². The fourth-order valence-electron chi connectivity index (χ4n) is 1.77. The molecule has 0 aromatic heterocycles. The molecule has 2 aliphatic heterocycles. The SMILES string of the molecule is CN1CCN(C2C=CC=CC=N2)CC1. The van der Waals surface area contributed by atoms with Crippen molar-refractivity contribution in [1.29, 1.82) is 0 Å². The van der Waals surface area contributed by atoms with Gasteiger partial charge in [-0.05, 0) is 19.2 Å². The maximum Gasteiger partial charge on any atom is 0.121 e. The third-order valence-electron chi connectivity index (χ3n) is 2.74. The van der Waals surface area contributed by atoms with Gasteiger partial charge in [0, 0.05) is 32.4 Å². The third kappa shape index (κ3) is 2.30. The highest BCUT2D eigenvalue weighted by molar-refractivity contribution is 5.72. The highest BCUT2D eigenvalue weighted by Crippen LogP contribution is 2.08. The van der Waals surface area contributed by atoms with E-state index in [1.54, 1.807) is 0 Å². The van der Waals surface area contributed by atoms with Gasteiger partial charge in [0.1, 0.15) is 6.17 Å². The maximum atomic E-state index is 4.48. The van der Waals surface area contributed by atoms with Gasteiger partial charge in [0.2, 0.25) is 0 Å². The molecule has 1 fully saturated rings. The summed E-state index contributed by atoms with van der Waals surface area (Å²) in [6.45, 7) is 4.52. The Kier molecular flexibility index (Phi) is 3.11. The molecule has 0 radical (unpaired) electrons. The summed E-state index contributed by atoms with van der Waals surface area (Å²) in [4.78, 5) is 9.26. The standard InChI is InChI=1S/C11H17N3/c1-13-7-9-14(10-8-13)11-5-3-2-4-6-12-11/h2-6,11H,7-10H2,1H3. The Labute approximate surface area is 85.4 Å². The lowest BCUT2D eigenvalue weighted by Gasteiger charge is -2.34. The van der Waals surface area contributed by atoms with Crippen LogP contribution in [-0.4, -0.2) is 55.4 Å². The summed E-state index contributed by atoms with van der Waals surface area (Å²) in [5.74, 6) is 0. The number of likely N-dealkylation sites (N-methyl/N-ethyl adjacent to an activating group) is 1. The van der Waals surface area contributed by atoms with Crippen molar-refractivity contribution < 1.29 is 0 Å². The van der Waals surface area contributed by atoms with Crippen molar-refractivity contribution >= 4 is 6.21 Å². The molecule has 3 heteroatoms. The summed E-state index contributed by atoms with van der Waals surface area (Å²) in [7, 11) is 2.17. The zero-order chi connectivity index (χ0) is 9.80. The molecule has 2 aliphatic rings. The van der Waals surface area contributed by atoms with E-state index < -0.39 is 0 Å². The van der Waals surface area contributed by atoms with Crippen molar-refractivity contribution in [2.45, 2.75) is 6.17 Å². The first kappa shape index (κ1) is 9.62. The zero-order valence-corrected chi connectivity index (χ0v) is 8.63. The average molecular weight is 191 g/mol. The molecule has 1 atom stereocenters. The quantitative estimate of drug-likeness (QED) is 0.609. The molecule has 0 bridgehead atoms. The number of aliphatic imine (C=N–C) groups is 1. The van der Waals surface area contributed by atoms with Gasteiger partial charge in [-0.15, -0.1) is 0 Å². The highest BCUT2D eigenvalue weighted by atomic mass is 15.3. The van der Waals surface area contributed by atoms with E-state index in [1.807, 2.05) is 18.4 Å². The Morgan fingerprint density at radius 1 is 1.07 bits per heavy atom. The van der Waals surface area contributed by atoms with Crippen LogP contribution in [0.5, 0.6) is 0 Å². The molecular formula is C11H17N3. The van der Waals surface area contributed by atoms with Crippen LogP contribution in [0.15, 0.2) is 29.3 Å². The van der Waals surface area contributed by atoms with Crippen molar-refractivity contribution in [1.82, 2.24) is 9.80 Å². The minimum Gasteiger partial charge on any atom is -0.304 e. The third-order valence-corrected chi connectivity index (χ3v) is 2.74. The first-order valence-electron chi connectivity index (χ1n) is 5.15. The largest absolute Gasteiger partial charge is 0.304 e. The van der Waals surface area contributed by atoms with Crippen LogP contribution >= 0.6 is 0 Å². The summed E-state index contributed by atoms with van der Waals surface area (Å²) in [6.07, 6.45) is 10.4. The van der Waals surface area contributed by atoms with Crippen LogP contribution in [0.4, 0.5) is 0 Å². The van der Waals surface area contributed by atoms with E-state index in [2.05, 4.69) is 34.0 Å². The summed E-state index contributed by atoms with van der Waals surface area (Å²) in [5.41, 5.74) is 0. The molecule has 76 valence electrons. The Morgan fingerprint density at radius 2 is 1.86 bits per heavy atom. The van der Waals surface area contributed by atoms with Gasteiger partial charge in [0.25, 0.3) is 0 Å². The first-order chi connectivity index (χ1) is 6.86. The lowest BCUT2D eigenvalue weighted by Crippen LogP contribution is -2.47. The molecule has 0 aromatic rings. The van der Waals surface area contributed by atoms with E-state index in [0.29, 0.717) is 0 Å². The molecular weight excluding hydrogens is 174 g/mol. The number of rotatable bonds is 1. The van der Waals surface area contributed by atoms with Gasteiger partial charge in [0.15, 0.2) is 0 Å².